The molecule has 0 rings (SSSR count). The van der Waals surface area contributed by atoms with Crippen LogP contribution in [0.15, 0.2) is 24.3 Å². The maximum absolute atomic E-state index is 13.1. The molecular weight excluding hydrogens is 1270 g/mol. The first kappa shape index (κ1) is 94.5. The molecule has 0 amide bonds. The van der Waals surface area contributed by atoms with Gasteiger partial charge in [-0.3, -0.25) is 37.3 Å². The maximum atomic E-state index is 13.1. The van der Waals surface area contributed by atoms with Crippen molar-refractivity contribution >= 4 is 39.5 Å². The molecule has 0 aromatic heterocycles. The van der Waals surface area contributed by atoms with Gasteiger partial charge in [-0.2, -0.15) is 0 Å². The molecular formula is C78H148O17P2. The van der Waals surface area contributed by atoms with Crippen LogP contribution in [0.25, 0.3) is 0 Å². The number of ether oxygens (including phenoxy) is 4. The number of aliphatic hydroxyl groups is 1. The molecule has 0 radical (unpaired) electrons. The number of phosphoric acid groups is 2. The Hall–Kier alpha value is -2.46. The van der Waals surface area contributed by atoms with E-state index in [0.29, 0.717) is 31.6 Å². The highest BCUT2D eigenvalue weighted by Crippen LogP contribution is 2.45. The fourth-order valence-electron chi connectivity index (χ4n) is 11.5. The number of carbonyl (C=O) groups excluding carboxylic acids is 4. The van der Waals surface area contributed by atoms with Gasteiger partial charge in [0.05, 0.1) is 26.4 Å². The summed E-state index contributed by atoms with van der Waals surface area (Å²) in [4.78, 5) is 72.8. The number of esters is 4. The molecule has 0 aliphatic heterocycles. The Morgan fingerprint density at radius 3 is 0.845 bits per heavy atom. The predicted octanol–water partition coefficient (Wildman–Crippen LogP) is 22.8. The van der Waals surface area contributed by atoms with Gasteiger partial charge in [0, 0.05) is 25.7 Å². The molecule has 0 bridgehead atoms. The van der Waals surface area contributed by atoms with Crippen LogP contribution in [0.4, 0.5) is 0 Å². The van der Waals surface area contributed by atoms with Gasteiger partial charge in [-0.25, -0.2) is 9.13 Å². The van der Waals surface area contributed by atoms with Crippen LogP contribution in [0.1, 0.15) is 388 Å². The largest absolute Gasteiger partial charge is 0.472 e. The van der Waals surface area contributed by atoms with Gasteiger partial charge in [-0.1, -0.05) is 335 Å². The Morgan fingerprint density at radius 1 is 0.320 bits per heavy atom. The van der Waals surface area contributed by atoms with Crippen molar-refractivity contribution < 1.29 is 80.2 Å². The highest BCUT2D eigenvalue weighted by Gasteiger charge is 2.30. The van der Waals surface area contributed by atoms with Gasteiger partial charge in [0.1, 0.15) is 19.3 Å². The monoisotopic (exact) mass is 1420 g/mol. The number of allylic oxidation sites excluding steroid dienone is 4. The SMILES string of the molecule is CCCCCC/C=C\C=C/CCCCCCCC(=O)OC[C@H](COP(=O)(O)OC[C@@H](O)COP(=O)(O)OC[C@@H](COC(=O)CCCCCCCCCC(C)C)OC(=O)CCCCCCCCCCCCC)OC(=O)CCCCCCCCCCCCCCCCCCCCCCC. The van der Waals surface area contributed by atoms with Crippen molar-refractivity contribution in [2.45, 2.75) is 406 Å². The second kappa shape index (κ2) is 70.6. The van der Waals surface area contributed by atoms with Crippen LogP contribution in [0.3, 0.4) is 0 Å². The fraction of sp³-hybridized carbons (Fsp3) is 0.897. The molecule has 0 aliphatic rings. The second-order valence-electron chi connectivity index (χ2n) is 27.9. The van der Waals surface area contributed by atoms with E-state index in [1.807, 2.05) is 0 Å². The van der Waals surface area contributed by atoms with Crippen LogP contribution in [0, 0.1) is 5.92 Å². The van der Waals surface area contributed by atoms with E-state index in [1.165, 1.54) is 186 Å². The zero-order chi connectivity index (χ0) is 71.2. The van der Waals surface area contributed by atoms with E-state index < -0.39 is 97.5 Å². The molecule has 572 valence electrons. The average Bonchev–Trinajstić information content (AvgIpc) is 1.05. The lowest BCUT2D eigenvalue weighted by Crippen LogP contribution is -2.30. The summed E-state index contributed by atoms with van der Waals surface area (Å²) in [5.41, 5.74) is 0. The molecule has 3 N–H and O–H groups in total. The van der Waals surface area contributed by atoms with Gasteiger partial charge in [0.15, 0.2) is 12.2 Å². The molecule has 0 heterocycles. The van der Waals surface area contributed by atoms with Crippen LogP contribution < -0.4 is 0 Å². The summed E-state index contributed by atoms with van der Waals surface area (Å²) in [6.45, 7) is 7.17. The van der Waals surface area contributed by atoms with Crippen LogP contribution in [0.5, 0.6) is 0 Å². The summed E-state index contributed by atoms with van der Waals surface area (Å²) in [5, 5.41) is 10.6. The zero-order valence-corrected chi connectivity index (χ0v) is 64.5. The standard InChI is InChI=1S/C78H148O17P2/c1-6-9-12-15-18-21-24-26-28-29-30-31-32-33-35-37-40-43-48-54-59-64-78(83)94-73(67-88-75(80)61-56-51-46-41-39-36-34-27-25-22-19-16-13-10-7-2)69-92-96(84,85)90-65-72(79)66-91-97(86,87)93-70-74(68-89-76(81)62-57-52-49-44-45-50-55-60-71(4)5)95-77(82)63-58-53-47-42-38-23-20-17-14-11-8-3/h22,25,27,34,71-74,79H,6-21,23-24,26,28-33,35-70H2,1-5H3,(H,84,85)(H,86,87)/b25-22-,34-27-/t72-,73-,74-/m1/s1. The first-order chi connectivity index (χ1) is 47.0. The number of aliphatic hydroxyl groups excluding tert-OH is 1. The Morgan fingerprint density at radius 2 is 0.557 bits per heavy atom. The normalized spacial score (nSPS) is 14.1. The van der Waals surface area contributed by atoms with Gasteiger partial charge in [0.25, 0.3) is 0 Å². The van der Waals surface area contributed by atoms with Crippen molar-refractivity contribution in [1.82, 2.24) is 0 Å². The van der Waals surface area contributed by atoms with Crippen molar-refractivity contribution in [2.75, 3.05) is 39.6 Å². The van der Waals surface area contributed by atoms with Crippen molar-refractivity contribution in [2.24, 2.45) is 5.92 Å². The summed E-state index contributed by atoms with van der Waals surface area (Å²) >= 11 is 0. The lowest BCUT2D eigenvalue weighted by Gasteiger charge is -2.21. The molecule has 0 aliphatic carbocycles. The molecule has 97 heavy (non-hydrogen) atoms. The molecule has 5 atom stereocenters. The maximum Gasteiger partial charge on any atom is 0.472 e. The lowest BCUT2D eigenvalue weighted by molar-refractivity contribution is -0.161. The smallest absolute Gasteiger partial charge is 0.462 e. The molecule has 0 aromatic carbocycles. The van der Waals surface area contributed by atoms with Gasteiger partial charge in [-0.15, -0.1) is 0 Å². The van der Waals surface area contributed by atoms with E-state index in [0.717, 1.165) is 116 Å². The minimum atomic E-state index is -4.97. The summed E-state index contributed by atoms with van der Waals surface area (Å²) in [5.74, 6) is -1.44. The predicted molar refractivity (Wildman–Crippen MR) is 395 cm³/mol. The minimum absolute atomic E-state index is 0.102. The van der Waals surface area contributed by atoms with Gasteiger partial charge in [0.2, 0.25) is 0 Å². The molecule has 0 aromatic rings. The van der Waals surface area contributed by atoms with Gasteiger partial charge >= 0.3 is 39.5 Å². The first-order valence-corrected chi connectivity index (χ1v) is 42.9. The number of hydrogen-bond donors (Lipinski definition) is 3. The van der Waals surface area contributed by atoms with Crippen LogP contribution in [-0.4, -0.2) is 96.7 Å². The molecule has 0 fully saturated rings. The van der Waals surface area contributed by atoms with Gasteiger partial charge in [-0.05, 0) is 57.3 Å². The molecule has 0 saturated carbocycles. The van der Waals surface area contributed by atoms with Crippen molar-refractivity contribution in [3.05, 3.63) is 24.3 Å². The van der Waals surface area contributed by atoms with Crippen LogP contribution in [-0.2, 0) is 65.4 Å². The highest BCUT2D eigenvalue weighted by molar-refractivity contribution is 7.47. The fourth-order valence-corrected chi connectivity index (χ4v) is 13.1. The number of unbranched alkanes of at least 4 members (excludes halogenated alkanes) is 45. The molecule has 0 spiro atoms. The Balaban J connectivity index is 5.23. The quantitative estimate of drug-likeness (QED) is 0.0169. The summed E-state index contributed by atoms with van der Waals surface area (Å²) < 4.78 is 68.5. The minimum Gasteiger partial charge on any atom is -0.462 e. The third kappa shape index (κ3) is 71.7. The topological polar surface area (TPSA) is 237 Å². The second-order valence-corrected chi connectivity index (χ2v) is 30.8. The molecule has 0 saturated heterocycles. The van der Waals surface area contributed by atoms with E-state index >= 15 is 0 Å². The number of rotatable bonds is 76. The number of phosphoric ester groups is 2. The van der Waals surface area contributed by atoms with E-state index in [-0.39, 0.29) is 25.7 Å². The van der Waals surface area contributed by atoms with Crippen molar-refractivity contribution in [3.8, 4) is 0 Å². The van der Waals surface area contributed by atoms with E-state index in [2.05, 4.69) is 58.9 Å². The zero-order valence-electron chi connectivity index (χ0n) is 62.7. The first-order valence-electron chi connectivity index (χ1n) is 40.0. The van der Waals surface area contributed by atoms with Crippen molar-refractivity contribution in [1.29, 1.82) is 0 Å². The highest BCUT2D eigenvalue weighted by atomic mass is 31.2. The third-order valence-corrected chi connectivity index (χ3v) is 19.6. The molecule has 19 heteroatoms. The van der Waals surface area contributed by atoms with E-state index in [1.54, 1.807) is 0 Å². The van der Waals surface area contributed by atoms with E-state index in [4.69, 9.17) is 37.0 Å². The average molecular weight is 1420 g/mol. The van der Waals surface area contributed by atoms with E-state index in [9.17, 15) is 43.2 Å². The van der Waals surface area contributed by atoms with Crippen molar-refractivity contribution in [3.63, 3.8) is 0 Å². The van der Waals surface area contributed by atoms with Gasteiger partial charge < -0.3 is 33.8 Å². The molecule has 2 unspecified atom stereocenters. The summed E-state index contributed by atoms with van der Waals surface area (Å²) in [6, 6.07) is 0. The summed E-state index contributed by atoms with van der Waals surface area (Å²) in [6.07, 6.45) is 63.4. The lowest BCUT2D eigenvalue weighted by atomic mass is 10.0. The number of hydrogen-bond acceptors (Lipinski definition) is 15. The Bertz CT molecular complexity index is 1950. The van der Waals surface area contributed by atoms with Crippen LogP contribution >= 0.6 is 15.6 Å². The number of carbonyl (C=O) groups is 4. The Kier molecular flexibility index (Phi) is 68.8. The third-order valence-electron chi connectivity index (χ3n) is 17.7. The molecule has 17 nitrogen and oxygen atoms in total. The summed E-state index contributed by atoms with van der Waals surface area (Å²) in [7, 11) is -9.92. The Labute approximate surface area is 592 Å². The van der Waals surface area contributed by atoms with Crippen LogP contribution in [0.2, 0.25) is 0 Å².